The van der Waals surface area contributed by atoms with E-state index in [0.29, 0.717) is 69.7 Å². The molecule has 12 aromatic rings. The average Bonchev–Trinajstić information content (AvgIpc) is 0.802. The Labute approximate surface area is 860 Å². The lowest BCUT2D eigenvalue weighted by Gasteiger charge is -2.21. The van der Waals surface area contributed by atoms with E-state index in [1.165, 1.54) is 88.7 Å². The quantitative estimate of drug-likeness (QED) is 0.0187. The van der Waals surface area contributed by atoms with E-state index in [4.69, 9.17) is 142 Å². The predicted octanol–water partition coefficient (Wildman–Crippen LogP) is 26.5. The number of para-hydroxylation sites is 1. The van der Waals surface area contributed by atoms with Gasteiger partial charge in [0.15, 0.2) is 0 Å². The van der Waals surface area contributed by atoms with Crippen LogP contribution in [0.15, 0.2) is 229 Å². The summed E-state index contributed by atoms with van der Waals surface area (Å²) < 4.78 is 80.5. The summed E-state index contributed by atoms with van der Waals surface area (Å²) in [5.41, 5.74) is 21.2. The van der Waals surface area contributed by atoms with Gasteiger partial charge < -0.3 is 56.8 Å². The van der Waals surface area contributed by atoms with Gasteiger partial charge in [-0.3, -0.25) is 31.2 Å². The Balaban J connectivity index is 0.000000224. The van der Waals surface area contributed by atoms with E-state index >= 15 is 0 Å². The van der Waals surface area contributed by atoms with Crippen molar-refractivity contribution in [1.82, 2.24) is 0 Å². The van der Waals surface area contributed by atoms with E-state index < -0.39 is 5.82 Å². The molecule has 0 saturated carbocycles. The molecule has 726 valence electrons. The Hall–Kier alpha value is -11.2. The molecule has 0 radical (unpaired) electrons. The van der Waals surface area contributed by atoms with Crippen molar-refractivity contribution in [2.24, 2.45) is 0 Å². The fourth-order valence-corrected chi connectivity index (χ4v) is 15.2. The van der Waals surface area contributed by atoms with Crippen LogP contribution in [-0.4, -0.2) is 105 Å². The normalized spacial score (nSPS) is 10.3. The number of hydrogen-bond acceptors (Lipinski definition) is 24. The molecular weight excluding hydrogens is 2060 g/mol. The number of anilines is 6. The van der Waals surface area contributed by atoms with Crippen LogP contribution < -0.4 is 58.8 Å². The third kappa shape index (κ3) is 33.3. The number of benzene rings is 12. The Bertz CT molecular complexity index is 5460. The Kier molecular flexibility index (Phi) is 46.1. The van der Waals surface area contributed by atoms with Crippen molar-refractivity contribution in [2.75, 3.05) is 73.0 Å². The minimum atomic E-state index is -0.495. The molecule has 34 heteroatoms. The SMILES string of the molecule is COC(=S)N(O)c1cccc(Br)c1COc1ccc(C)cc1C.COC(=S)N(O)c1cccc(C)c1COc1ccc(C)cc1C.COC(=S)N(O)c1cccc(Cl)c1COc1ccc(C)cc1C.COC(=S)N(O)c1cccc(F)c1COc1ccc(C)cc1C.COC(=S)N(O)c1cccc(I)c1COc1ccc(C)cc1C.COC(=S)N(O)c1ccccc1COc1ccc(C)cc1C. The molecule has 137 heavy (non-hydrogen) atoms. The van der Waals surface area contributed by atoms with E-state index in [-0.39, 0.29) is 62.1 Å². The summed E-state index contributed by atoms with van der Waals surface area (Å²) in [4.78, 5) is 0. The zero-order valence-corrected chi connectivity index (χ0v) is 88.7. The molecule has 12 aromatic carbocycles. The molecule has 0 aliphatic carbocycles. The second-order valence-corrected chi connectivity index (χ2v) is 35.2. The molecule has 6 N–H and O–H groups in total. The van der Waals surface area contributed by atoms with Gasteiger partial charge in [-0.1, -0.05) is 188 Å². The number of thiocarbonyl (C=S) groups is 6. The molecule has 0 aliphatic rings. The Morgan fingerprint density at radius 3 is 0.883 bits per heavy atom. The largest absolute Gasteiger partial charge is 0.489 e. The maximum absolute atomic E-state index is 14.1. The number of aryl methyl sites for hydroxylation is 13. The summed E-state index contributed by atoms with van der Waals surface area (Å²) in [6, 6.07) is 69.2. The van der Waals surface area contributed by atoms with E-state index in [2.05, 4.69) is 62.8 Å². The van der Waals surface area contributed by atoms with Gasteiger partial charge in [-0.05, 0) is 322 Å². The summed E-state index contributed by atoms with van der Waals surface area (Å²) in [6.45, 7) is 27.5. The minimum absolute atomic E-state index is 0.0108. The molecule has 0 atom stereocenters. The molecular formula is C103H112BrClFIN6O18S6. The van der Waals surface area contributed by atoms with Crippen molar-refractivity contribution in [1.29, 1.82) is 0 Å². The molecule has 0 unspecified atom stereocenters. The van der Waals surface area contributed by atoms with Gasteiger partial charge in [0, 0.05) is 40.9 Å². The van der Waals surface area contributed by atoms with E-state index in [9.17, 15) is 35.6 Å². The first kappa shape index (κ1) is 113. The highest BCUT2D eigenvalue weighted by Gasteiger charge is 2.25. The number of ether oxygens (including phenoxy) is 12. The van der Waals surface area contributed by atoms with Gasteiger partial charge in [0.25, 0.3) is 31.0 Å². The zero-order chi connectivity index (χ0) is 101. The Morgan fingerprint density at radius 2 is 0.533 bits per heavy atom. The number of nitrogens with zero attached hydrogens (tertiary/aromatic N) is 6. The fraction of sp³-hybridized carbons (Fsp3) is 0.243. The number of methoxy groups -OCH3 is 6. The monoisotopic (exact) mass is 2170 g/mol. The molecule has 0 bridgehead atoms. The van der Waals surface area contributed by atoms with Crippen molar-refractivity contribution in [3.8, 4) is 34.5 Å². The molecule has 0 aliphatic heterocycles. The lowest BCUT2D eigenvalue weighted by molar-refractivity contribution is 0.262. The van der Waals surface area contributed by atoms with Crippen molar-refractivity contribution >= 4 is 189 Å². The van der Waals surface area contributed by atoms with Crippen LogP contribution in [0.3, 0.4) is 0 Å². The molecule has 0 spiro atoms. The van der Waals surface area contributed by atoms with Crippen LogP contribution in [-0.2, 0) is 68.1 Å². The third-order valence-corrected chi connectivity index (χ3v) is 24.6. The number of rotatable bonds is 24. The Morgan fingerprint density at radius 1 is 0.285 bits per heavy atom. The molecule has 24 nitrogen and oxygen atoms in total. The maximum Gasteiger partial charge on any atom is 0.288 e. The predicted molar refractivity (Wildman–Crippen MR) is 573 cm³/mol. The molecule has 0 aromatic heterocycles. The van der Waals surface area contributed by atoms with Gasteiger partial charge in [-0.15, -0.1) is 0 Å². The smallest absolute Gasteiger partial charge is 0.288 e. The van der Waals surface area contributed by atoms with Crippen LogP contribution in [0.5, 0.6) is 34.5 Å². The summed E-state index contributed by atoms with van der Waals surface area (Å²) in [6.07, 6.45) is 0. The van der Waals surface area contributed by atoms with Gasteiger partial charge in [0.1, 0.15) is 80.0 Å². The summed E-state index contributed by atoms with van der Waals surface area (Å²) in [7, 11) is 8.40. The van der Waals surface area contributed by atoms with Crippen molar-refractivity contribution in [3.63, 3.8) is 0 Å². The lowest BCUT2D eigenvalue weighted by atomic mass is 10.1. The number of hydrogen-bond donors (Lipinski definition) is 6. The lowest BCUT2D eigenvalue weighted by Crippen LogP contribution is -2.28. The minimum Gasteiger partial charge on any atom is -0.489 e. The van der Waals surface area contributed by atoms with E-state index in [0.717, 1.165) is 129 Å². The second kappa shape index (κ2) is 56.0. The van der Waals surface area contributed by atoms with Gasteiger partial charge in [0.2, 0.25) is 0 Å². The highest BCUT2D eigenvalue weighted by atomic mass is 127. The molecule has 0 saturated heterocycles. The van der Waals surface area contributed by atoms with Gasteiger partial charge in [-0.2, -0.15) is 30.4 Å². The second-order valence-electron chi connectivity index (χ2n) is 30.7. The zero-order valence-electron chi connectivity index (χ0n) is 79.3. The van der Waals surface area contributed by atoms with E-state index in [1.54, 1.807) is 42.5 Å². The topological polar surface area (TPSA) is 252 Å². The highest BCUT2D eigenvalue weighted by Crippen LogP contribution is 2.36. The highest BCUT2D eigenvalue weighted by molar-refractivity contribution is 14.1. The number of halogens is 4. The number of hydroxylamine groups is 6. The maximum atomic E-state index is 14.1. The summed E-state index contributed by atoms with van der Waals surface area (Å²) in [5, 5.41) is 65.8. The van der Waals surface area contributed by atoms with Crippen LogP contribution >= 0.6 is 123 Å². The van der Waals surface area contributed by atoms with Crippen LogP contribution in [0, 0.1) is 99.4 Å². The summed E-state index contributed by atoms with van der Waals surface area (Å²) in [5.74, 6) is 4.19. The molecule has 12 rings (SSSR count). The van der Waals surface area contributed by atoms with Gasteiger partial charge in [-0.25, -0.2) is 4.39 Å². The van der Waals surface area contributed by atoms with Crippen molar-refractivity contribution in [2.45, 2.75) is 130 Å². The first-order valence-corrected chi connectivity index (χ1v) is 46.8. The fourth-order valence-electron chi connectivity index (χ4n) is 13.2. The first-order valence-electron chi connectivity index (χ1n) is 42.1. The van der Waals surface area contributed by atoms with Crippen LogP contribution in [0.25, 0.3) is 0 Å². The van der Waals surface area contributed by atoms with Crippen LogP contribution in [0.2, 0.25) is 5.02 Å². The summed E-state index contributed by atoms with van der Waals surface area (Å²) >= 11 is 41.7. The van der Waals surface area contributed by atoms with Crippen molar-refractivity contribution < 1.29 is 92.5 Å². The molecule has 0 heterocycles. The molecule has 0 fully saturated rings. The standard InChI is InChI=1S/C18H21NO3S.C17H18BrNO3S.C17H18ClNO3S.C17H18FNO3S.C17H18INO3S.C17H19NO3S/c1-12-8-9-17(14(3)10-12)22-11-15-13(2)6-5-7-16(15)19(20)18(23)21-4;4*1-11-7-8-16(12(2)9-11)22-10-13-14(18)5-4-6-15(13)19(20)17(23)21-3;1-12-8-9-16(13(2)10-12)21-11-14-6-4-5-7-15(14)18(19)17(22)20-3/h5-10,20H,11H2,1-4H3;4*4-9,20H,10H2,1-3H3;4-10,19H,11H2,1-3H3. The van der Waals surface area contributed by atoms with Crippen LogP contribution in [0.4, 0.5) is 38.5 Å². The van der Waals surface area contributed by atoms with Crippen LogP contribution in [0.1, 0.15) is 106 Å². The van der Waals surface area contributed by atoms with Gasteiger partial charge >= 0.3 is 0 Å². The molecule has 0 amide bonds. The van der Waals surface area contributed by atoms with Gasteiger partial charge in [0.05, 0.1) is 82.3 Å². The first-order chi connectivity index (χ1) is 65.2. The van der Waals surface area contributed by atoms with E-state index in [1.807, 2.05) is 230 Å². The average molecular weight is 2180 g/mol. The van der Waals surface area contributed by atoms with Crippen molar-refractivity contribution in [3.05, 3.63) is 349 Å². The third-order valence-electron chi connectivity index (χ3n) is 20.4.